The molecule has 3 heterocycles. The minimum absolute atomic E-state index is 0.0288. The molecule has 7 nitrogen and oxygen atoms in total. The standard InChI is InChI=1S/C19H24N4O3/c1-20-17(24)16-9-26-19(10-22(16)3)11-23(12-19)18(25)14-4-5-15-13(8-14)6-7-21(15)2/h4-8,16H,9-12H2,1-3H3,(H,20,24). The van der Waals surface area contributed by atoms with Gasteiger partial charge in [-0.15, -0.1) is 0 Å². The Morgan fingerprint density at radius 2 is 1.96 bits per heavy atom. The Hall–Kier alpha value is -2.38. The summed E-state index contributed by atoms with van der Waals surface area (Å²) in [5.74, 6) is -0.00757. The molecular formula is C19H24N4O3. The molecule has 1 spiro atoms. The van der Waals surface area contributed by atoms with Crippen molar-refractivity contribution in [3.05, 3.63) is 36.0 Å². The second-order valence-corrected chi connectivity index (χ2v) is 7.40. The topological polar surface area (TPSA) is 66.8 Å². The fraction of sp³-hybridized carbons (Fsp3) is 0.474. The molecular weight excluding hydrogens is 332 g/mol. The highest BCUT2D eigenvalue weighted by Crippen LogP contribution is 2.32. The van der Waals surface area contributed by atoms with Gasteiger partial charge in [0.15, 0.2) is 0 Å². The van der Waals surface area contributed by atoms with Gasteiger partial charge in [-0.25, -0.2) is 0 Å². The largest absolute Gasteiger partial charge is 0.368 e. The second kappa shape index (κ2) is 6.10. The first kappa shape index (κ1) is 17.1. The monoisotopic (exact) mass is 356 g/mol. The van der Waals surface area contributed by atoms with Crippen molar-refractivity contribution in [2.75, 3.05) is 40.3 Å². The number of amides is 2. The molecule has 2 aliphatic heterocycles. The number of hydrogen-bond donors (Lipinski definition) is 1. The van der Waals surface area contributed by atoms with Crippen molar-refractivity contribution in [3.8, 4) is 0 Å². The average molecular weight is 356 g/mol. The molecule has 2 saturated heterocycles. The maximum atomic E-state index is 12.8. The van der Waals surface area contributed by atoms with Gasteiger partial charge in [-0.05, 0) is 31.3 Å². The summed E-state index contributed by atoms with van der Waals surface area (Å²) in [6.45, 7) is 2.12. The summed E-state index contributed by atoms with van der Waals surface area (Å²) < 4.78 is 8.04. The third kappa shape index (κ3) is 2.68. The van der Waals surface area contributed by atoms with E-state index in [9.17, 15) is 9.59 Å². The van der Waals surface area contributed by atoms with Crippen molar-refractivity contribution in [1.29, 1.82) is 0 Å². The molecule has 2 aliphatic rings. The summed E-state index contributed by atoms with van der Waals surface area (Å²) in [5.41, 5.74) is 1.45. The van der Waals surface area contributed by atoms with Crippen LogP contribution in [0.3, 0.4) is 0 Å². The molecule has 26 heavy (non-hydrogen) atoms. The Labute approximate surface area is 152 Å². The number of likely N-dealkylation sites (N-methyl/N-ethyl adjacent to an activating group) is 2. The Morgan fingerprint density at radius 3 is 2.65 bits per heavy atom. The molecule has 1 atom stereocenters. The minimum Gasteiger partial charge on any atom is -0.368 e. The molecule has 0 bridgehead atoms. The van der Waals surface area contributed by atoms with Crippen LogP contribution in [0.15, 0.2) is 30.5 Å². The van der Waals surface area contributed by atoms with Crippen LogP contribution >= 0.6 is 0 Å². The molecule has 1 aromatic heterocycles. The SMILES string of the molecule is CNC(=O)C1COC2(CN(C(=O)c3ccc4c(ccn4C)c3)C2)CN1C. The zero-order valence-electron chi connectivity index (χ0n) is 15.4. The van der Waals surface area contributed by atoms with Crippen LogP contribution in [0.1, 0.15) is 10.4 Å². The van der Waals surface area contributed by atoms with Gasteiger partial charge in [0.2, 0.25) is 5.91 Å². The van der Waals surface area contributed by atoms with Crippen LogP contribution in [0.5, 0.6) is 0 Å². The smallest absolute Gasteiger partial charge is 0.254 e. The predicted molar refractivity (Wildman–Crippen MR) is 98.0 cm³/mol. The number of carbonyl (C=O) groups is 2. The van der Waals surface area contributed by atoms with E-state index in [2.05, 4.69) is 5.32 Å². The first-order valence-electron chi connectivity index (χ1n) is 8.83. The number of hydrogen-bond acceptors (Lipinski definition) is 4. The number of aryl methyl sites for hydroxylation is 1. The van der Waals surface area contributed by atoms with E-state index in [1.165, 1.54) is 0 Å². The lowest BCUT2D eigenvalue weighted by Crippen LogP contribution is -2.73. The lowest BCUT2D eigenvalue weighted by molar-refractivity contribution is -0.187. The van der Waals surface area contributed by atoms with Gasteiger partial charge in [-0.2, -0.15) is 0 Å². The molecule has 4 rings (SSSR count). The fourth-order valence-corrected chi connectivity index (χ4v) is 4.02. The molecule has 0 radical (unpaired) electrons. The fourth-order valence-electron chi connectivity index (χ4n) is 4.02. The van der Waals surface area contributed by atoms with Gasteiger partial charge < -0.3 is 19.5 Å². The number of rotatable bonds is 2. The molecule has 2 aromatic rings. The highest BCUT2D eigenvalue weighted by Gasteiger charge is 2.51. The average Bonchev–Trinajstić information content (AvgIpc) is 2.98. The van der Waals surface area contributed by atoms with Crippen molar-refractivity contribution < 1.29 is 14.3 Å². The van der Waals surface area contributed by atoms with Crippen molar-refractivity contribution in [3.63, 3.8) is 0 Å². The van der Waals surface area contributed by atoms with Crippen LogP contribution in [0.25, 0.3) is 10.9 Å². The number of benzene rings is 1. The van der Waals surface area contributed by atoms with Gasteiger partial charge in [-0.1, -0.05) is 0 Å². The van der Waals surface area contributed by atoms with Crippen molar-refractivity contribution in [2.45, 2.75) is 11.6 Å². The third-order valence-electron chi connectivity index (χ3n) is 5.54. The van der Waals surface area contributed by atoms with Gasteiger partial charge in [0.05, 0.1) is 19.7 Å². The summed E-state index contributed by atoms with van der Waals surface area (Å²) in [5, 5.41) is 3.73. The molecule has 7 heteroatoms. The Balaban J connectivity index is 1.42. The Bertz CT molecular complexity index is 869. The number of carbonyl (C=O) groups excluding carboxylic acids is 2. The lowest BCUT2D eigenvalue weighted by Gasteiger charge is -2.54. The molecule has 0 saturated carbocycles. The third-order valence-corrected chi connectivity index (χ3v) is 5.54. The number of likely N-dealkylation sites (tertiary alicyclic amines) is 1. The van der Waals surface area contributed by atoms with Gasteiger partial charge in [0, 0.05) is 43.3 Å². The molecule has 2 amide bonds. The van der Waals surface area contributed by atoms with Crippen LogP contribution in [-0.2, 0) is 16.6 Å². The van der Waals surface area contributed by atoms with Crippen LogP contribution in [0.2, 0.25) is 0 Å². The summed E-state index contributed by atoms with van der Waals surface area (Å²) in [6.07, 6.45) is 1.99. The van der Waals surface area contributed by atoms with E-state index < -0.39 is 0 Å². The number of aromatic nitrogens is 1. The summed E-state index contributed by atoms with van der Waals surface area (Å²) >= 11 is 0. The van der Waals surface area contributed by atoms with Crippen molar-refractivity contribution in [1.82, 2.24) is 19.7 Å². The first-order valence-corrected chi connectivity index (χ1v) is 8.83. The number of nitrogens with one attached hydrogen (secondary N) is 1. The quantitative estimate of drug-likeness (QED) is 0.849. The first-order chi connectivity index (χ1) is 12.4. The van der Waals surface area contributed by atoms with Crippen molar-refractivity contribution >= 4 is 22.7 Å². The number of morpholine rings is 1. The van der Waals surface area contributed by atoms with E-state index in [1.807, 2.05) is 58.9 Å². The molecule has 1 unspecified atom stereocenters. The Kier molecular flexibility index (Phi) is 4.00. The number of ether oxygens (including phenoxy) is 1. The van der Waals surface area contributed by atoms with Crippen molar-refractivity contribution in [2.24, 2.45) is 7.05 Å². The summed E-state index contributed by atoms with van der Waals surface area (Å²) in [6, 6.07) is 7.55. The lowest BCUT2D eigenvalue weighted by atomic mass is 9.90. The van der Waals surface area contributed by atoms with Crippen LogP contribution in [0, 0.1) is 0 Å². The molecule has 0 aliphatic carbocycles. The second-order valence-electron chi connectivity index (χ2n) is 7.40. The van der Waals surface area contributed by atoms with E-state index >= 15 is 0 Å². The van der Waals surface area contributed by atoms with Crippen LogP contribution in [-0.4, -0.2) is 78.2 Å². The molecule has 1 N–H and O–H groups in total. The van der Waals surface area contributed by atoms with Gasteiger partial charge in [0.25, 0.3) is 5.91 Å². The van der Waals surface area contributed by atoms with E-state index in [0.29, 0.717) is 31.8 Å². The van der Waals surface area contributed by atoms with E-state index in [1.54, 1.807) is 7.05 Å². The maximum Gasteiger partial charge on any atom is 0.254 e. The summed E-state index contributed by atoms with van der Waals surface area (Å²) in [4.78, 5) is 28.5. The van der Waals surface area contributed by atoms with E-state index in [-0.39, 0.29) is 23.5 Å². The Morgan fingerprint density at radius 1 is 1.19 bits per heavy atom. The number of fused-ring (bicyclic) bond motifs is 1. The van der Waals surface area contributed by atoms with E-state index in [4.69, 9.17) is 4.74 Å². The zero-order chi connectivity index (χ0) is 18.5. The number of nitrogens with zero attached hydrogens (tertiary/aromatic N) is 3. The van der Waals surface area contributed by atoms with Gasteiger partial charge in [-0.3, -0.25) is 14.5 Å². The van der Waals surface area contributed by atoms with Gasteiger partial charge in [0.1, 0.15) is 11.6 Å². The van der Waals surface area contributed by atoms with Crippen LogP contribution in [0.4, 0.5) is 0 Å². The molecule has 138 valence electrons. The highest BCUT2D eigenvalue weighted by atomic mass is 16.5. The van der Waals surface area contributed by atoms with E-state index in [0.717, 1.165) is 10.9 Å². The van der Waals surface area contributed by atoms with Crippen LogP contribution < -0.4 is 5.32 Å². The summed E-state index contributed by atoms with van der Waals surface area (Å²) in [7, 11) is 5.55. The maximum absolute atomic E-state index is 12.8. The normalized spacial score (nSPS) is 22.4. The zero-order valence-corrected chi connectivity index (χ0v) is 15.4. The minimum atomic E-state index is -0.355. The molecule has 2 fully saturated rings. The van der Waals surface area contributed by atoms with Gasteiger partial charge >= 0.3 is 0 Å². The molecule has 1 aromatic carbocycles. The highest BCUT2D eigenvalue weighted by molar-refractivity contribution is 5.98. The predicted octanol–water partition coefficient (Wildman–Crippen LogP) is 0.450.